The summed E-state index contributed by atoms with van der Waals surface area (Å²) in [5.41, 5.74) is 9.95. The molecule has 0 amide bonds. The van der Waals surface area contributed by atoms with E-state index in [2.05, 4.69) is 144 Å². The van der Waals surface area contributed by atoms with Crippen LogP contribution >= 0.6 is 0 Å². The highest BCUT2D eigenvalue weighted by Gasteiger charge is 2.16. The Hall–Kier alpha value is -6.06. The van der Waals surface area contributed by atoms with Gasteiger partial charge >= 0.3 is 0 Å². The van der Waals surface area contributed by atoms with Crippen LogP contribution in [0.5, 0.6) is 0 Å². The van der Waals surface area contributed by atoms with Gasteiger partial charge in [-0.25, -0.2) is 9.97 Å². The Morgan fingerprint density at radius 1 is 0.378 bits per heavy atom. The molecule has 210 valence electrons. The van der Waals surface area contributed by atoms with Crippen molar-refractivity contribution < 1.29 is 0 Å². The molecule has 0 N–H and O–H groups in total. The standard InChI is InChI=1S/C42H27N3/c1-4-12-28(13-5-1)31-21-25-39-37(27-31)35-18-10-11-19-38(35)45(39)33-22-24-34-32(26-33)20-23-36-40(29-14-6-2-7-15-29)43-42(44-41(34)36)30-16-8-3-9-17-30/h1-27H. The van der Waals surface area contributed by atoms with Crippen LogP contribution in [0.2, 0.25) is 0 Å². The van der Waals surface area contributed by atoms with Crippen molar-refractivity contribution in [3.63, 3.8) is 0 Å². The largest absolute Gasteiger partial charge is 0.309 e. The van der Waals surface area contributed by atoms with Crippen molar-refractivity contribution in [3.8, 4) is 39.5 Å². The monoisotopic (exact) mass is 573 g/mol. The SMILES string of the molecule is c1ccc(-c2ccc3c(c2)c2ccccc2n3-c2ccc3c(ccc4c(-c5ccccc5)nc(-c5ccccc5)nc43)c2)cc1. The van der Waals surface area contributed by atoms with Gasteiger partial charge in [0.15, 0.2) is 5.82 Å². The number of aromatic nitrogens is 3. The highest BCUT2D eigenvalue weighted by Crippen LogP contribution is 2.37. The third-order valence-electron chi connectivity index (χ3n) is 8.78. The smallest absolute Gasteiger partial charge is 0.160 e. The highest BCUT2D eigenvalue weighted by atomic mass is 15.0. The summed E-state index contributed by atoms with van der Waals surface area (Å²) in [6.45, 7) is 0. The average Bonchev–Trinajstić information content (AvgIpc) is 3.45. The van der Waals surface area contributed by atoms with E-state index in [0.29, 0.717) is 0 Å². The zero-order valence-electron chi connectivity index (χ0n) is 24.4. The summed E-state index contributed by atoms with van der Waals surface area (Å²) in [5.74, 6) is 0.732. The third kappa shape index (κ3) is 4.21. The molecule has 2 heterocycles. The minimum absolute atomic E-state index is 0.732. The Balaban J connectivity index is 1.27. The maximum atomic E-state index is 5.17. The number of rotatable bonds is 4. The van der Waals surface area contributed by atoms with Crippen LogP contribution in [0.1, 0.15) is 0 Å². The predicted octanol–water partition coefficient (Wildman–Crippen LogP) is 10.9. The quantitative estimate of drug-likeness (QED) is 0.196. The second kappa shape index (κ2) is 10.3. The second-order valence-electron chi connectivity index (χ2n) is 11.4. The van der Waals surface area contributed by atoms with Crippen LogP contribution < -0.4 is 0 Å². The van der Waals surface area contributed by atoms with Gasteiger partial charge in [-0.15, -0.1) is 0 Å². The van der Waals surface area contributed by atoms with Gasteiger partial charge in [0, 0.05) is 38.4 Å². The van der Waals surface area contributed by atoms with Crippen molar-refractivity contribution in [2.45, 2.75) is 0 Å². The van der Waals surface area contributed by atoms with Crippen molar-refractivity contribution in [3.05, 3.63) is 164 Å². The van der Waals surface area contributed by atoms with E-state index in [1.54, 1.807) is 0 Å². The molecule has 0 unspecified atom stereocenters. The van der Waals surface area contributed by atoms with E-state index < -0.39 is 0 Å². The van der Waals surface area contributed by atoms with E-state index in [1.807, 2.05) is 24.3 Å². The lowest BCUT2D eigenvalue weighted by Crippen LogP contribution is -1.97. The van der Waals surface area contributed by atoms with Crippen LogP contribution in [0, 0.1) is 0 Å². The molecule has 0 aliphatic heterocycles. The molecule has 7 aromatic carbocycles. The molecule has 0 bridgehead atoms. The minimum Gasteiger partial charge on any atom is -0.309 e. The summed E-state index contributed by atoms with van der Waals surface area (Å²) in [5, 5.41) is 5.80. The number of nitrogens with zero attached hydrogens (tertiary/aromatic N) is 3. The summed E-state index contributed by atoms with van der Waals surface area (Å²) < 4.78 is 2.38. The first kappa shape index (κ1) is 25.4. The molecule has 9 aromatic rings. The molecule has 2 aromatic heterocycles. The number of para-hydroxylation sites is 1. The Bertz CT molecular complexity index is 2510. The lowest BCUT2D eigenvalue weighted by atomic mass is 10.0. The highest BCUT2D eigenvalue weighted by molar-refractivity contribution is 6.12. The molecule has 0 saturated carbocycles. The van der Waals surface area contributed by atoms with Crippen molar-refractivity contribution >= 4 is 43.5 Å². The zero-order valence-corrected chi connectivity index (χ0v) is 24.4. The van der Waals surface area contributed by atoms with Gasteiger partial charge in [0.25, 0.3) is 0 Å². The number of hydrogen-bond donors (Lipinski definition) is 0. The summed E-state index contributed by atoms with van der Waals surface area (Å²) in [7, 11) is 0. The maximum Gasteiger partial charge on any atom is 0.160 e. The molecule has 0 atom stereocenters. The van der Waals surface area contributed by atoms with E-state index >= 15 is 0 Å². The van der Waals surface area contributed by atoms with Gasteiger partial charge in [-0.1, -0.05) is 127 Å². The zero-order chi connectivity index (χ0) is 29.7. The van der Waals surface area contributed by atoms with Gasteiger partial charge in [0.05, 0.1) is 22.2 Å². The van der Waals surface area contributed by atoms with E-state index in [1.165, 1.54) is 32.9 Å². The molecule has 0 radical (unpaired) electrons. The molecule has 9 rings (SSSR count). The maximum absolute atomic E-state index is 5.17. The van der Waals surface area contributed by atoms with Gasteiger partial charge in [0.2, 0.25) is 0 Å². The summed E-state index contributed by atoms with van der Waals surface area (Å²) in [6, 6.07) is 57.9. The first-order valence-corrected chi connectivity index (χ1v) is 15.3. The van der Waals surface area contributed by atoms with Crippen LogP contribution in [-0.4, -0.2) is 14.5 Å². The van der Waals surface area contributed by atoms with E-state index in [0.717, 1.165) is 50.0 Å². The lowest BCUT2D eigenvalue weighted by Gasteiger charge is -2.13. The molecule has 0 aliphatic carbocycles. The fourth-order valence-corrected chi connectivity index (χ4v) is 6.64. The molecular weight excluding hydrogens is 546 g/mol. The van der Waals surface area contributed by atoms with Crippen molar-refractivity contribution in [1.29, 1.82) is 0 Å². The molecule has 3 heteroatoms. The number of benzene rings is 7. The molecule has 0 fully saturated rings. The number of fused-ring (bicyclic) bond motifs is 6. The first-order chi connectivity index (χ1) is 22.3. The lowest BCUT2D eigenvalue weighted by molar-refractivity contribution is 1.19. The van der Waals surface area contributed by atoms with Crippen molar-refractivity contribution in [1.82, 2.24) is 14.5 Å². The Morgan fingerprint density at radius 2 is 1.02 bits per heavy atom. The average molecular weight is 574 g/mol. The van der Waals surface area contributed by atoms with Gasteiger partial charge in [-0.3, -0.25) is 0 Å². The summed E-state index contributed by atoms with van der Waals surface area (Å²) in [4.78, 5) is 10.3. The molecule has 0 aliphatic rings. The fourth-order valence-electron chi connectivity index (χ4n) is 6.64. The van der Waals surface area contributed by atoms with Gasteiger partial charge in [-0.2, -0.15) is 0 Å². The topological polar surface area (TPSA) is 30.7 Å². The molecule has 45 heavy (non-hydrogen) atoms. The van der Waals surface area contributed by atoms with Gasteiger partial charge < -0.3 is 4.57 Å². The summed E-state index contributed by atoms with van der Waals surface area (Å²) in [6.07, 6.45) is 0. The summed E-state index contributed by atoms with van der Waals surface area (Å²) >= 11 is 0. The van der Waals surface area contributed by atoms with Gasteiger partial charge in [-0.05, 0) is 52.9 Å². The van der Waals surface area contributed by atoms with Gasteiger partial charge in [0.1, 0.15) is 0 Å². The fraction of sp³-hybridized carbons (Fsp3) is 0. The number of hydrogen-bond acceptors (Lipinski definition) is 2. The molecule has 3 nitrogen and oxygen atoms in total. The first-order valence-electron chi connectivity index (χ1n) is 15.3. The second-order valence-corrected chi connectivity index (χ2v) is 11.4. The Kier molecular flexibility index (Phi) is 5.82. The van der Waals surface area contributed by atoms with Crippen LogP contribution in [0.25, 0.3) is 82.9 Å². The van der Waals surface area contributed by atoms with Crippen LogP contribution in [0.15, 0.2) is 164 Å². The third-order valence-corrected chi connectivity index (χ3v) is 8.78. The normalized spacial score (nSPS) is 11.6. The Morgan fingerprint density at radius 3 is 1.80 bits per heavy atom. The minimum atomic E-state index is 0.732. The van der Waals surface area contributed by atoms with Crippen LogP contribution in [0.3, 0.4) is 0 Å². The Labute approximate surface area is 260 Å². The van der Waals surface area contributed by atoms with Crippen LogP contribution in [0.4, 0.5) is 0 Å². The van der Waals surface area contributed by atoms with E-state index in [4.69, 9.17) is 9.97 Å². The van der Waals surface area contributed by atoms with Crippen LogP contribution in [-0.2, 0) is 0 Å². The molecule has 0 spiro atoms. The van der Waals surface area contributed by atoms with E-state index in [-0.39, 0.29) is 0 Å². The van der Waals surface area contributed by atoms with E-state index in [9.17, 15) is 0 Å². The molecule has 0 saturated heterocycles. The predicted molar refractivity (Wildman–Crippen MR) is 188 cm³/mol. The molecular formula is C42H27N3. The van der Waals surface area contributed by atoms with Crippen molar-refractivity contribution in [2.75, 3.05) is 0 Å². The van der Waals surface area contributed by atoms with Crippen molar-refractivity contribution in [2.24, 2.45) is 0 Å².